The summed E-state index contributed by atoms with van der Waals surface area (Å²) in [6, 6.07) is 15.8. The van der Waals surface area contributed by atoms with Gasteiger partial charge in [0.05, 0.1) is 18.3 Å². The van der Waals surface area contributed by atoms with E-state index in [0.29, 0.717) is 18.6 Å². The zero-order valence-corrected chi connectivity index (χ0v) is 20.4. The quantitative estimate of drug-likeness (QED) is 0.376. The van der Waals surface area contributed by atoms with E-state index in [1.165, 1.54) is 11.6 Å². The van der Waals surface area contributed by atoms with Gasteiger partial charge >= 0.3 is 0 Å². The lowest BCUT2D eigenvalue weighted by Gasteiger charge is -2.37. The maximum Gasteiger partial charge on any atom is 0.158 e. The number of benzene rings is 2. The molecule has 1 aliphatic rings. The Balaban J connectivity index is 1.27. The van der Waals surface area contributed by atoms with E-state index in [9.17, 15) is 4.39 Å². The Bertz CT molecular complexity index is 1520. The summed E-state index contributed by atoms with van der Waals surface area (Å²) in [5.41, 5.74) is 4.97. The molecule has 0 amide bonds. The van der Waals surface area contributed by atoms with Crippen LogP contribution in [0.5, 0.6) is 0 Å². The molecule has 1 aliphatic heterocycles. The molecule has 0 bridgehead atoms. The number of hydrogen-bond acceptors (Lipinski definition) is 6. The fraction of sp³-hybridized carbons (Fsp3) is 0.296. The molecule has 2 aromatic carbocycles. The Morgan fingerprint density at radius 2 is 2.00 bits per heavy atom. The van der Waals surface area contributed by atoms with Crippen LogP contribution in [0.1, 0.15) is 25.0 Å². The largest absolute Gasteiger partial charge is 0.338 e. The highest BCUT2D eigenvalue weighted by Gasteiger charge is 2.24. The molecule has 36 heavy (non-hydrogen) atoms. The maximum absolute atomic E-state index is 13.6. The number of nitrogens with one attached hydrogen (secondary N) is 2. The van der Waals surface area contributed by atoms with Gasteiger partial charge in [-0.05, 0) is 61.4 Å². The zero-order valence-electron chi connectivity index (χ0n) is 20.4. The second-order valence-electron chi connectivity index (χ2n) is 9.66. The first-order valence-electron chi connectivity index (χ1n) is 12.3. The molecule has 5 aromatic rings. The third kappa shape index (κ3) is 4.43. The second-order valence-corrected chi connectivity index (χ2v) is 9.66. The van der Waals surface area contributed by atoms with Crippen molar-refractivity contribution in [2.24, 2.45) is 0 Å². The van der Waals surface area contributed by atoms with Crippen LogP contribution < -0.4 is 10.6 Å². The maximum atomic E-state index is 13.6. The van der Waals surface area contributed by atoms with Crippen LogP contribution in [0.25, 0.3) is 16.4 Å². The summed E-state index contributed by atoms with van der Waals surface area (Å²) in [5.74, 6) is 0.532. The highest BCUT2D eigenvalue weighted by Crippen LogP contribution is 2.27. The van der Waals surface area contributed by atoms with Gasteiger partial charge in [0.25, 0.3) is 0 Å². The minimum absolute atomic E-state index is 0.239. The smallest absolute Gasteiger partial charge is 0.158 e. The number of piperazine rings is 1. The average Bonchev–Trinajstić information content (AvgIpc) is 3.46. The molecule has 2 atom stereocenters. The van der Waals surface area contributed by atoms with E-state index < -0.39 is 0 Å². The molecule has 6 rings (SSSR count). The summed E-state index contributed by atoms with van der Waals surface area (Å²) >= 11 is 0. The molecule has 2 unspecified atom stereocenters. The van der Waals surface area contributed by atoms with Crippen molar-refractivity contribution in [3.8, 4) is 0 Å². The molecule has 4 heterocycles. The first kappa shape index (κ1) is 22.6. The van der Waals surface area contributed by atoms with Crippen LogP contribution in [0.3, 0.4) is 0 Å². The molecule has 184 valence electrons. The van der Waals surface area contributed by atoms with E-state index in [4.69, 9.17) is 0 Å². The van der Waals surface area contributed by atoms with E-state index >= 15 is 0 Å². The molecule has 0 spiro atoms. The van der Waals surface area contributed by atoms with Crippen LogP contribution in [-0.2, 0) is 13.1 Å². The Labute approximate surface area is 208 Å². The Kier molecular flexibility index (Phi) is 5.86. The molecule has 0 aliphatic carbocycles. The van der Waals surface area contributed by atoms with Crippen molar-refractivity contribution in [3.63, 3.8) is 0 Å². The lowest BCUT2D eigenvalue weighted by atomic mass is 10.1. The summed E-state index contributed by atoms with van der Waals surface area (Å²) in [7, 11) is 0. The standard InChI is InChI=1S/C27H29FN8/c1-18-14-34(19(2)12-29-18)16-21-8-9-35-26(21)27(30-17-32-35)33-24-6-7-25-22(11-24)13-31-36(25)15-20-4-3-5-23(28)10-20/h3-11,13,17-19,29H,12,14-16H2,1-2H3,(H,30,32,33). The lowest BCUT2D eigenvalue weighted by molar-refractivity contribution is 0.139. The molecule has 8 nitrogen and oxygen atoms in total. The number of rotatable bonds is 6. The summed E-state index contributed by atoms with van der Waals surface area (Å²) in [6.45, 7) is 7.83. The van der Waals surface area contributed by atoms with Gasteiger partial charge in [0.1, 0.15) is 17.7 Å². The normalized spacial score (nSPS) is 18.8. The van der Waals surface area contributed by atoms with Crippen LogP contribution in [-0.4, -0.2) is 54.5 Å². The Morgan fingerprint density at radius 3 is 2.89 bits per heavy atom. The number of halogens is 1. The van der Waals surface area contributed by atoms with Crippen molar-refractivity contribution in [1.82, 2.24) is 34.6 Å². The third-order valence-corrected chi connectivity index (χ3v) is 6.93. The first-order chi connectivity index (χ1) is 17.5. The SMILES string of the molecule is CC1CN(Cc2ccn3ncnc(Nc4ccc5c(cnn5Cc5cccc(F)c5)c4)c23)C(C)CN1. The highest BCUT2D eigenvalue weighted by atomic mass is 19.1. The molecule has 0 saturated carbocycles. The van der Waals surface area contributed by atoms with Crippen LogP contribution >= 0.6 is 0 Å². The fourth-order valence-corrected chi connectivity index (χ4v) is 5.01. The van der Waals surface area contributed by atoms with Crippen LogP contribution in [0.4, 0.5) is 15.9 Å². The van der Waals surface area contributed by atoms with Crippen molar-refractivity contribution >= 4 is 27.9 Å². The molecular weight excluding hydrogens is 455 g/mol. The number of hydrogen-bond donors (Lipinski definition) is 2. The topological polar surface area (TPSA) is 75.3 Å². The lowest BCUT2D eigenvalue weighted by Crippen LogP contribution is -2.53. The van der Waals surface area contributed by atoms with Gasteiger partial charge in [-0.2, -0.15) is 10.2 Å². The van der Waals surface area contributed by atoms with Gasteiger partial charge in [-0.15, -0.1) is 0 Å². The molecule has 9 heteroatoms. The number of anilines is 2. The summed E-state index contributed by atoms with van der Waals surface area (Å²) in [4.78, 5) is 7.09. The Morgan fingerprint density at radius 1 is 1.08 bits per heavy atom. The first-order valence-corrected chi connectivity index (χ1v) is 12.3. The molecule has 1 saturated heterocycles. The molecule has 0 radical (unpaired) electrons. The predicted molar refractivity (Wildman–Crippen MR) is 139 cm³/mol. The van der Waals surface area contributed by atoms with E-state index in [1.807, 2.05) is 39.8 Å². The van der Waals surface area contributed by atoms with Gasteiger partial charge in [-0.3, -0.25) is 9.58 Å². The van der Waals surface area contributed by atoms with Crippen molar-refractivity contribution in [3.05, 3.63) is 84.2 Å². The van der Waals surface area contributed by atoms with Crippen molar-refractivity contribution in [2.75, 3.05) is 18.4 Å². The average molecular weight is 485 g/mol. The summed E-state index contributed by atoms with van der Waals surface area (Å²) < 4.78 is 17.4. The highest BCUT2D eigenvalue weighted by molar-refractivity contribution is 5.85. The molecule has 3 aromatic heterocycles. The predicted octanol–water partition coefficient (Wildman–Crippen LogP) is 4.19. The van der Waals surface area contributed by atoms with E-state index in [1.54, 1.807) is 18.5 Å². The minimum Gasteiger partial charge on any atom is -0.338 e. The minimum atomic E-state index is -0.239. The second kappa shape index (κ2) is 9.33. The van der Waals surface area contributed by atoms with Crippen molar-refractivity contribution in [1.29, 1.82) is 0 Å². The number of aromatic nitrogens is 5. The Hall–Kier alpha value is -3.82. The van der Waals surface area contributed by atoms with E-state index in [0.717, 1.165) is 53.1 Å². The van der Waals surface area contributed by atoms with Gasteiger partial charge in [-0.25, -0.2) is 13.9 Å². The molecule has 2 N–H and O–H groups in total. The van der Waals surface area contributed by atoms with E-state index in [2.05, 4.69) is 56.7 Å². The summed E-state index contributed by atoms with van der Waals surface area (Å²) in [6.07, 6.45) is 5.41. The molecular formula is C27H29FN8. The van der Waals surface area contributed by atoms with Gasteiger partial charge < -0.3 is 10.6 Å². The van der Waals surface area contributed by atoms with Crippen LogP contribution in [0.15, 0.2) is 67.3 Å². The summed E-state index contributed by atoms with van der Waals surface area (Å²) in [5, 5.41) is 17.0. The monoisotopic (exact) mass is 484 g/mol. The third-order valence-electron chi connectivity index (χ3n) is 6.93. The van der Waals surface area contributed by atoms with Crippen LogP contribution in [0.2, 0.25) is 0 Å². The number of fused-ring (bicyclic) bond motifs is 2. The van der Waals surface area contributed by atoms with Gasteiger partial charge in [0.2, 0.25) is 0 Å². The fourth-order valence-electron chi connectivity index (χ4n) is 5.01. The zero-order chi connectivity index (χ0) is 24.6. The van der Waals surface area contributed by atoms with Gasteiger partial charge in [0, 0.05) is 49.0 Å². The van der Waals surface area contributed by atoms with E-state index in [-0.39, 0.29) is 5.82 Å². The van der Waals surface area contributed by atoms with Crippen molar-refractivity contribution < 1.29 is 4.39 Å². The van der Waals surface area contributed by atoms with Crippen LogP contribution in [0, 0.1) is 5.82 Å². The van der Waals surface area contributed by atoms with Gasteiger partial charge in [0.15, 0.2) is 5.82 Å². The molecule has 1 fully saturated rings. The van der Waals surface area contributed by atoms with Crippen molar-refractivity contribution in [2.45, 2.75) is 39.0 Å². The number of nitrogens with zero attached hydrogens (tertiary/aromatic N) is 6. The van der Waals surface area contributed by atoms with Gasteiger partial charge in [-0.1, -0.05) is 12.1 Å².